The fraction of sp³-hybridized carbons (Fsp3) is 1.00. The van der Waals surface area contributed by atoms with Crippen LogP contribution in [0.1, 0.15) is 45.4 Å². The highest BCUT2D eigenvalue weighted by Crippen LogP contribution is 2.14. The first-order valence-electron chi connectivity index (χ1n) is 7.09. The zero-order chi connectivity index (χ0) is 13.0. The lowest BCUT2D eigenvalue weighted by Crippen LogP contribution is -2.50. The quantitative estimate of drug-likeness (QED) is 0.799. The van der Waals surface area contributed by atoms with Gasteiger partial charge in [-0.1, -0.05) is 12.8 Å². The number of rotatable bonds is 4. The van der Waals surface area contributed by atoms with Crippen LogP contribution in [0.15, 0.2) is 0 Å². The molecule has 18 heavy (non-hydrogen) atoms. The van der Waals surface area contributed by atoms with Gasteiger partial charge in [0.25, 0.3) is 10.2 Å². The Kier molecular flexibility index (Phi) is 5.00. The molecule has 2 heterocycles. The first-order valence-corrected chi connectivity index (χ1v) is 8.53. The Balaban J connectivity index is 1.80. The SMILES string of the molecule is CC1CCCC(CNS(=O)(=O)N2CCCCC2)N1. The minimum Gasteiger partial charge on any atom is -0.310 e. The monoisotopic (exact) mass is 275 g/mol. The van der Waals surface area contributed by atoms with E-state index in [9.17, 15) is 8.42 Å². The third-order valence-electron chi connectivity index (χ3n) is 3.88. The average Bonchev–Trinajstić information content (AvgIpc) is 2.38. The predicted molar refractivity (Wildman–Crippen MR) is 72.6 cm³/mol. The van der Waals surface area contributed by atoms with Crippen LogP contribution < -0.4 is 10.0 Å². The zero-order valence-electron chi connectivity index (χ0n) is 11.2. The number of hydrogen-bond acceptors (Lipinski definition) is 3. The van der Waals surface area contributed by atoms with Crippen molar-refractivity contribution in [3.63, 3.8) is 0 Å². The van der Waals surface area contributed by atoms with Crippen molar-refractivity contribution in [2.24, 2.45) is 0 Å². The van der Waals surface area contributed by atoms with E-state index in [1.807, 2.05) is 0 Å². The van der Waals surface area contributed by atoms with Crippen LogP contribution in [0, 0.1) is 0 Å². The van der Waals surface area contributed by atoms with Crippen molar-refractivity contribution in [3.05, 3.63) is 0 Å². The van der Waals surface area contributed by atoms with Gasteiger partial charge in [0.15, 0.2) is 0 Å². The van der Waals surface area contributed by atoms with Crippen LogP contribution in [0.2, 0.25) is 0 Å². The van der Waals surface area contributed by atoms with E-state index in [-0.39, 0.29) is 6.04 Å². The summed E-state index contributed by atoms with van der Waals surface area (Å²) in [5, 5.41) is 3.45. The second-order valence-corrected chi connectivity index (χ2v) is 7.26. The van der Waals surface area contributed by atoms with Gasteiger partial charge in [-0.25, -0.2) is 4.72 Å². The molecule has 5 nitrogen and oxygen atoms in total. The van der Waals surface area contributed by atoms with Gasteiger partial charge < -0.3 is 5.32 Å². The lowest BCUT2D eigenvalue weighted by atomic mass is 10.00. The van der Waals surface area contributed by atoms with E-state index in [1.165, 1.54) is 12.8 Å². The van der Waals surface area contributed by atoms with Crippen molar-refractivity contribution in [2.45, 2.75) is 57.5 Å². The Morgan fingerprint density at radius 2 is 1.89 bits per heavy atom. The molecule has 0 saturated carbocycles. The van der Waals surface area contributed by atoms with Gasteiger partial charge in [0.2, 0.25) is 0 Å². The Bertz CT molecular complexity index is 352. The Hall–Kier alpha value is -0.170. The summed E-state index contributed by atoms with van der Waals surface area (Å²) in [6.45, 7) is 4.02. The molecule has 0 amide bonds. The van der Waals surface area contributed by atoms with Crippen LogP contribution in [0.5, 0.6) is 0 Å². The summed E-state index contributed by atoms with van der Waals surface area (Å²) in [5.41, 5.74) is 0. The maximum Gasteiger partial charge on any atom is 0.279 e. The Morgan fingerprint density at radius 1 is 1.17 bits per heavy atom. The average molecular weight is 275 g/mol. The predicted octanol–water partition coefficient (Wildman–Crippen LogP) is 0.837. The van der Waals surface area contributed by atoms with E-state index in [1.54, 1.807) is 4.31 Å². The molecule has 0 aliphatic carbocycles. The van der Waals surface area contributed by atoms with Gasteiger partial charge in [-0.3, -0.25) is 0 Å². The molecule has 0 bridgehead atoms. The summed E-state index contributed by atoms with van der Waals surface area (Å²) in [6.07, 6.45) is 6.56. The van der Waals surface area contributed by atoms with E-state index in [0.29, 0.717) is 25.7 Å². The fourth-order valence-electron chi connectivity index (χ4n) is 2.80. The Labute approximate surface area is 110 Å². The van der Waals surface area contributed by atoms with Crippen molar-refractivity contribution in [3.8, 4) is 0 Å². The first kappa shape index (κ1) is 14.2. The molecule has 0 aromatic heterocycles. The van der Waals surface area contributed by atoms with Gasteiger partial charge in [-0.05, 0) is 32.6 Å². The molecule has 0 aromatic carbocycles. The highest BCUT2D eigenvalue weighted by atomic mass is 32.2. The number of piperidine rings is 2. The molecule has 2 atom stereocenters. The molecule has 2 saturated heterocycles. The standard InChI is InChI=1S/C12H25N3O2S/c1-11-6-5-7-12(14-11)10-13-18(16,17)15-8-3-2-4-9-15/h11-14H,2-10H2,1H3. The lowest BCUT2D eigenvalue weighted by molar-refractivity contribution is 0.321. The maximum atomic E-state index is 12.1. The largest absolute Gasteiger partial charge is 0.310 e. The molecule has 2 N–H and O–H groups in total. The topological polar surface area (TPSA) is 61.4 Å². The van der Waals surface area contributed by atoms with Crippen molar-refractivity contribution >= 4 is 10.2 Å². The molecule has 2 rings (SSSR count). The first-order chi connectivity index (χ1) is 8.58. The van der Waals surface area contributed by atoms with Gasteiger partial charge >= 0.3 is 0 Å². The number of nitrogens with one attached hydrogen (secondary N) is 2. The smallest absolute Gasteiger partial charge is 0.279 e. The Morgan fingerprint density at radius 3 is 2.56 bits per heavy atom. The van der Waals surface area contributed by atoms with Crippen LogP contribution in [0.25, 0.3) is 0 Å². The van der Waals surface area contributed by atoms with E-state index in [4.69, 9.17) is 0 Å². The molecule has 0 aromatic rings. The molecule has 2 aliphatic heterocycles. The van der Waals surface area contributed by atoms with Gasteiger partial charge in [-0.15, -0.1) is 0 Å². The third-order valence-corrected chi connectivity index (χ3v) is 5.45. The summed E-state index contributed by atoms with van der Waals surface area (Å²) < 4.78 is 28.5. The van der Waals surface area contributed by atoms with Gasteiger partial charge in [0.05, 0.1) is 0 Å². The van der Waals surface area contributed by atoms with E-state index in [0.717, 1.165) is 25.7 Å². The molecule has 0 spiro atoms. The van der Waals surface area contributed by atoms with E-state index >= 15 is 0 Å². The van der Waals surface area contributed by atoms with E-state index in [2.05, 4.69) is 17.0 Å². The van der Waals surface area contributed by atoms with Gasteiger partial charge in [-0.2, -0.15) is 12.7 Å². The molecule has 2 fully saturated rings. The van der Waals surface area contributed by atoms with Crippen LogP contribution in [-0.4, -0.2) is 44.4 Å². The second kappa shape index (κ2) is 6.32. The van der Waals surface area contributed by atoms with Crippen LogP contribution in [0.3, 0.4) is 0 Å². The number of nitrogens with zero attached hydrogens (tertiary/aromatic N) is 1. The second-order valence-electron chi connectivity index (χ2n) is 5.51. The normalized spacial score (nSPS) is 31.4. The third kappa shape index (κ3) is 3.91. The zero-order valence-corrected chi connectivity index (χ0v) is 12.0. The molecular weight excluding hydrogens is 250 g/mol. The van der Waals surface area contributed by atoms with E-state index < -0.39 is 10.2 Å². The van der Waals surface area contributed by atoms with Crippen molar-refractivity contribution in [2.75, 3.05) is 19.6 Å². The van der Waals surface area contributed by atoms with Crippen molar-refractivity contribution in [1.82, 2.24) is 14.3 Å². The maximum absolute atomic E-state index is 12.1. The lowest BCUT2D eigenvalue weighted by Gasteiger charge is -2.31. The fourth-order valence-corrected chi connectivity index (χ4v) is 4.14. The minimum absolute atomic E-state index is 0.285. The highest BCUT2D eigenvalue weighted by molar-refractivity contribution is 7.87. The van der Waals surface area contributed by atoms with Gasteiger partial charge in [0.1, 0.15) is 0 Å². The molecule has 6 heteroatoms. The molecule has 2 unspecified atom stereocenters. The molecule has 2 aliphatic rings. The minimum atomic E-state index is -3.26. The van der Waals surface area contributed by atoms with Crippen LogP contribution in [-0.2, 0) is 10.2 Å². The van der Waals surface area contributed by atoms with Gasteiger partial charge in [0, 0.05) is 31.7 Å². The van der Waals surface area contributed by atoms with Crippen LogP contribution in [0.4, 0.5) is 0 Å². The van der Waals surface area contributed by atoms with Crippen molar-refractivity contribution < 1.29 is 8.42 Å². The van der Waals surface area contributed by atoms with Crippen molar-refractivity contribution in [1.29, 1.82) is 0 Å². The molecule has 0 radical (unpaired) electrons. The summed E-state index contributed by atoms with van der Waals surface area (Å²) in [5.74, 6) is 0. The molecule has 106 valence electrons. The summed E-state index contributed by atoms with van der Waals surface area (Å²) in [7, 11) is -3.26. The summed E-state index contributed by atoms with van der Waals surface area (Å²) in [4.78, 5) is 0. The summed E-state index contributed by atoms with van der Waals surface area (Å²) in [6, 6.07) is 0.788. The molecular formula is C12H25N3O2S. The number of hydrogen-bond donors (Lipinski definition) is 2. The highest BCUT2D eigenvalue weighted by Gasteiger charge is 2.25. The van der Waals surface area contributed by atoms with Crippen LogP contribution >= 0.6 is 0 Å². The summed E-state index contributed by atoms with van der Waals surface area (Å²) >= 11 is 0.